The molecule has 0 atom stereocenters. The molecule has 0 radical (unpaired) electrons. The average Bonchev–Trinajstić information content (AvgIpc) is 2.12. The number of carbonyl (C=O) groups is 1. The van der Waals surface area contributed by atoms with Crippen LogP contribution in [0.3, 0.4) is 0 Å². The van der Waals surface area contributed by atoms with Crippen molar-refractivity contribution in [1.29, 1.82) is 0 Å². The zero-order chi connectivity index (χ0) is 10.3. The van der Waals surface area contributed by atoms with Crippen molar-refractivity contribution in [1.82, 2.24) is 0 Å². The van der Waals surface area contributed by atoms with E-state index in [4.69, 9.17) is 14.6 Å². The lowest BCUT2D eigenvalue weighted by Gasteiger charge is -2.22. The zero-order valence-corrected chi connectivity index (χ0v) is 9.33. The van der Waals surface area contributed by atoms with Crippen LogP contribution in [-0.4, -0.2) is 35.5 Å². The maximum absolute atomic E-state index is 10.2. The number of carbonyl (C=O) groups excluding carboxylic acids is 1. The van der Waals surface area contributed by atoms with E-state index in [1.54, 1.807) is 14.2 Å². The van der Waals surface area contributed by atoms with Crippen LogP contribution in [0.5, 0.6) is 0 Å². The van der Waals surface area contributed by atoms with E-state index in [1.807, 2.05) is 6.55 Å². The third kappa shape index (κ3) is 5.62. The molecule has 0 bridgehead atoms. The molecule has 0 rings (SSSR count). The van der Waals surface area contributed by atoms with Crippen LogP contribution in [0.15, 0.2) is 0 Å². The Bertz CT molecular complexity index is 161. The lowest BCUT2D eigenvalue weighted by Crippen LogP contribution is -2.36. The van der Waals surface area contributed by atoms with E-state index in [0.717, 1.165) is 6.04 Å². The average molecular weight is 207 g/mol. The standard InChI is InChI=1S/C7H17NO4Si/c1-10-13(3,11-2)6-4-5-12-7(8)9/h4-6H2,1-3H3,(H2,8,9). The molecule has 0 unspecified atom stereocenters. The van der Waals surface area contributed by atoms with Crippen molar-refractivity contribution < 1.29 is 18.4 Å². The van der Waals surface area contributed by atoms with Gasteiger partial charge in [0.25, 0.3) is 0 Å². The molecule has 0 aromatic heterocycles. The van der Waals surface area contributed by atoms with Gasteiger partial charge in [-0.05, 0) is 19.0 Å². The van der Waals surface area contributed by atoms with E-state index in [1.165, 1.54) is 0 Å². The summed E-state index contributed by atoms with van der Waals surface area (Å²) in [5.41, 5.74) is 4.79. The quantitative estimate of drug-likeness (QED) is 0.517. The molecule has 0 aliphatic rings. The normalized spacial score (nSPS) is 11.3. The summed E-state index contributed by atoms with van der Waals surface area (Å²) in [5.74, 6) is 0. The second-order valence-corrected chi connectivity index (χ2v) is 6.40. The van der Waals surface area contributed by atoms with E-state index < -0.39 is 14.7 Å². The van der Waals surface area contributed by atoms with Gasteiger partial charge >= 0.3 is 14.7 Å². The number of nitrogens with two attached hydrogens (primary N) is 1. The van der Waals surface area contributed by atoms with Gasteiger partial charge in [-0.3, -0.25) is 0 Å². The molecule has 0 aliphatic carbocycles. The minimum Gasteiger partial charge on any atom is -0.450 e. The summed E-state index contributed by atoms with van der Waals surface area (Å²) in [6.07, 6.45) is -0.0222. The van der Waals surface area contributed by atoms with Crippen molar-refractivity contribution in [2.24, 2.45) is 5.73 Å². The fourth-order valence-electron chi connectivity index (χ4n) is 0.854. The van der Waals surface area contributed by atoms with Crippen LogP contribution in [0.1, 0.15) is 6.42 Å². The first kappa shape index (κ1) is 12.4. The molecule has 0 saturated carbocycles. The van der Waals surface area contributed by atoms with Crippen LogP contribution in [0.25, 0.3) is 0 Å². The molecule has 1 amide bonds. The third-order valence-electron chi connectivity index (χ3n) is 1.88. The van der Waals surface area contributed by atoms with E-state index >= 15 is 0 Å². The van der Waals surface area contributed by atoms with Gasteiger partial charge in [0.1, 0.15) is 0 Å². The highest BCUT2D eigenvalue weighted by Crippen LogP contribution is 2.13. The molecule has 0 saturated heterocycles. The van der Waals surface area contributed by atoms with Crippen molar-refractivity contribution in [3.8, 4) is 0 Å². The van der Waals surface area contributed by atoms with E-state index in [-0.39, 0.29) is 0 Å². The maximum Gasteiger partial charge on any atom is 0.404 e. The lowest BCUT2D eigenvalue weighted by molar-refractivity contribution is 0.154. The SMILES string of the molecule is CO[Si](C)(CCCOC(N)=O)OC. The molecule has 0 heterocycles. The molecular weight excluding hydrogens is 190 g/mol. The molecule has 78 valence electrons. The van der Waals surface area contributed by atoms with Crippen LogP contribution in [0, 0.1) is 0 Å². The van der Waals surface area contributed by atoms with Gasteiger partial charge in [0.15, 0.2) is 0 Å². The summed E-state index contributed by atoms with van der Waals surface area (Å²) in [6, 6.07) is 0.785. The smallest absolute Gasteiger partial charge is 0.404 e. The van der Waals surface area contributed by atoms with E-state index in [0.29, 0.717) is 13.0 Å². The fourth-order valence-corrected chi connectivity index (χ4v) is 2.21. The van der Waals surface area contributed by atoms with Gasteiger partial charge in [0, 0.05) is 14.2 Å². The zero-order valence-electron chi connectivity index (χ0n) is 8.33. The predicted octanol–water partition coefficient (Wildman–Crippen LogP) is 0.837. The second-order valence-electron chi connectivity index (χ2n) is 2.81. The van der Waals surface area contributed by atoms with Crippen LogP contribution < -0.4 is 5.73 Å². The number of primary amides is 1. The molecule has 0 aromatic carbocycles. The monoisotopic (exact) mass is 207 g/mol. The first-order valence-electron chi connectivity index (χ1n) is 4.06. The van der Waals surface area contributed by atoms with E-state index in [2.05, 4.69) is 4.74 Å². The number of amides is 1. The van der Waals surface area contributed by atoms with Gasteiger partial charge in [-0.25, -0.2) is 4.79 Å². The molecular formula is C7H17NO4Si. The number of hydrogen-bond acceptors (Lipinski definition) is 4. The largest absolute Gasteiger partial charge is 0.450 e. The first-order valence-corrected chi connectivity index (χ1v) is 6.59. The van der Waals surface area contributed by atoms with Crippen LogP contribution in [-0.2, 0) is 13.6 Å². The molecule has 0 aromatic rings. The summed E-state index contributed by atoms with van der Waals surface area (Å²) < 4.78 is 15.1. The number of rotatable bonds is 6. The van der Waals surface area contributed by atoms with Gasteiger partial charge in [0.05, 0.1) is 6.61 Å². The Balaban J connectivity index is 3.55. The fraction of sp³-hybridized carbons (Fsp3) is 0.857. The van der Waals surface area contributed by atoms with Gasteiger partial charge < -0.3 is 19.3 Å². The number of ether oxygens (including phenoxy) is 1. The first-order chi connectivity index (χ1) is 6.04. The summed E-state index contributed by atoms with van der Waals surface area (Å²) in [7, 11) is 1.26. The maximum atomic E-state index is 10.2. The van der Waals surface area contributed by atoms with Crippen LogP contribution in [0.2, 0.25) is 12.6 Å². The molecule has 13 heavy (non-hydrogen) atoms. The van der Waals surface area contributed by atoms with Crippen molar-refractivity contribution in [2.45, 2.75) is 19.0 Å². The van der Waals surface area contributed by atoms with E-state index in [9.17, 15) is 4.79 Å². The molecule has 6 heteroatoms. The van der Waals surface area contributed by atoms with Crippen LogP contribution in [0.4, 0.5) is 4.79 Å². The number of hydrogen-bond donors (Lipinski definition) is 1. The molecule has 0 aliphatic heterocycles. The Labute approximate surface area is 79.4 Å². The second kappa shape index (κ2) is 5.95. The molecule has 0 spiro atoms. The topological polar surface area (TPSA) is 70.8 Å². The highest BCUT2D eigenvalue weighted by Gasteiger charge is 2.27. The van der Waals surface area contributed by atoms with Crippen molar-refractivity contribution in [3.05, 3.63) is 0 Å². The van der Waals surface area contributed by atoms with Crippen LogP contribution >= 0.6 is 0 Å². The minimum absolute atomic E-state index is 0.324. The lowest BCUT2D eigenvalue weighted by atomic mass is 10.5. The highest BCUT2D eigenvalue weighted by molar-refractivity contribution is 6.65. The highest BCUT2D eigenvalue weighted by atomic mass is 28.4. The third-order valence-corrected chi connectivity index (χ3v) is 4.87. The minimum atomic E-state index is -2.00. The Morgan fingerprint density at radius 3 is 2.31 bits per heavy atom. The van der Waals surface area contributed by atoms with Crippen molar-refractivity contribution in [3.63, 3.8) is 0 Å². The Morgan fingerprint density at radius 1 is 1.38 bits per heavy atom. The molecule has 2 N–H and O–H groups in total. The molecule has 0 fully saturated rings. The predicted molar refractivity (Wildman–Crippen MR) is 50.6 cm³/mol. The van der Waals surface area contributed by atoms with Gasteiger partial charge in [0.2, 0.25) is 0 Å². The molecule has 5 nitrogen and oxygen atoms in total. The van der Waals surface area contributed by atoms with Crippen molar-refractivity contribution in [2.75, 3.05) is 20.8 Å². The van der Waals surface area contributed by atoms with Gasteiger partial charge in [-0.2, -0.15) is 0 Å². The summed E-state index contributed by atoms with van der Waals surface area (Å²) in [6.45, 7) is 2.28. The summed E-state index contributed by atoms with van der Waals surface area (Å²) >= 11 is 0. The van der Waals surface area contributed by atoms with Gasteiger partial charge in [-0.15, -0.1) is 0 Å². The summed E-state index contributed by atoms with van der Waals surface area (Å²) in [5, 5.41) is 0. The Hall–Kier alpha value is -0.593. The summed E-state index contributed by atoms with van der Waals surface area (Å²) in [4.78, 5) is 10.2. The van der Waals surface area contributed by atoms with Gasteiger partial charge in [-0.1, -0.05) is 0 Å². The Kier molecular flexibility index (Phi) is 5.68. The Morgan fingerprint density at radius 2 is 1.92 bits per heavy atom. The van der Waals surface area contributed by atoms with Crippen molar-refractivity contribution >= 4 is 14.7 Å².